The third-order valence-electron chi connectivity index (χ3n) is 3.61. The zero-order chi connectivity index (χ0) is 17.1. The van der Waals surface area contributed by atoms with Crippen molar-refractivity contribution in [3.05, 3.63) is 72.7 Å². The number of hydrogen-bond acceptors (Lipinski definition) is 6. The molecule has 8 nitrogen and oxygen atoms in total. The molecule has 2 N–H and O–H groups in total. The second-order valence-corrected chi connectivity index (χ2v) is 5.32. The number of anilines is 2. The minimum atomic E-state index is -0.287. The molecule has 0 saturated heterocycles. The van der Waals surface area contributed by atoms with E-state index in [-0.39, 0.29) is 11.7 Å². The van der Waals surface area contributed by atoms with Crippen LogP contribution in [0.3, 0.4) is 0 Å². The molecule has 4 aromatic rings. The fourth-order valence-corrected chi connectivity index (χ4v) is 2.43. The lowest BCUT2D eigenvalue weighted by Crippen LogP contribution is -2.11. The van der Waals surface area contributed by atoms with Gasteiger partial charge in [0.15, 0.2) is 11.6 Å². The molecule has 25 heavy (non-hydrogen) atoms. The average molecular weight is 334 g/mol. The summed E-state index contributed by atoms with van der Waals surface area (Å²) < 4.78 is 6.88. The highest BCUT2D eigenvalue weighted by Crippen LogP contribution is 2.15. The maximum absolute atomic E-state index is 12.0. The molecule has 0 spiro atoms. The third kappa shape index (κ3) is 3.18. The molecule has 0 radical (unpaired) electrons. The van der Waals surface area contributed by atoms with E-state index < -0.39 is 0 Å². The third-order valence-corrected chi connectivity index (χ3v) is 3.61. The van der Waals surface area contributed by atoms with Gasteiger partial charge < -0.3 is 15.1 Å². The van der Waals surface area contributed by atoms with Crippen LogP contribution in [0.25, 0.3) is 5.65 Å². The van der Waals surface area contributed by atoms with Gasteiger partial charge in [0.2, 0.25) is 5.65 Å². The molecule has 0 aliphatic carbocycles. The molecule has 1 aromatic carbocycles. The van der Waals surface area contributed by atoms with Crippen molar-refractivity contribution < 1.29 is 9.21 Å². The van der Waals surface area contributed by atoms with Crippen molar-refractivity contribution in [2.24, 2.45) is 0 Å². The minimum Gasteiger partial charge on any atom is -0.459 e. The molecule has 8 heteroatoms. The number of carbonyl (C=O) groups excluding carboxylic acids is 1. The Balaban J connectivity index is 1.46. The Labute approximate surface area is 142 Å². The molecular formula is C17H14N6O2. The highest BCUT2D eigenvalue weighted by atomic mass is 16.3. The topological polar surface area (TPSA) is 97.4 Å². The maximum Gasteiger partial charge on any atom is 0.291 e. The van der Waals surface area contributed by atoms with Gasteiger partial charge in [-0.3, -0.25) is 9.20 Å². The molecule has 0 atom stereocenters. The van der Waals surface area contributed by atoms with Gasteiger partial charge in [-0.15, -0.1) is 10.2 Å². The Kier molecular flexibility index (Phi) is 3.83. The largest absolute Gasteiger partial charge is 0.459 e. The van der Waals surface area contributed by atoms with Crippen LogP contribution in [0.4, 0.5) is 11.5 Å². The van der Waals surface area contributed by atoms with E-state index in [1.54, 1.807) is 35.3 Å². The number of hydrogen-bond donors (Lipinski definition) is 2. The molecule has 1 amide bonds. The molecule has 0 saturated carbocycles. The number of fused-ring (bicyclic) bond motifs is 1. The molecule has 0 bridgehead atoms. The van der Waals surface area contributed by atoms with E-state index in [9.17, 15) is 4.79 Å². The summed E-state index contributed by atoms with van der Waals surface area (Å²) in [6, 6.07) is 10.8. The molecule has 124 valence electrons. The quantitative estimate of drug-likeness (QED) is 0.582. The number of benzene rings is 1. The summed E-state index contributed by atoms with van der Waals surface area (Å²) in [4.78, 5) is 16.3. The van der Waals surface area contributed by atoms with Crippen molar-refractivity contribution >= 4 is 23.1 Å². The second-order valence-electron chi connectivity index (χ2n) is 5.32. The predicted octanol–water partition coefficient (Wildman–Crippen LogP) is 2.58. The van der Waals surface area contributed by atoms with Crippen LogP contribution in [-0.4, -0.2) is 25.5 Å². The fraction of sp³-hybridized carbons (Fsp3) is 0.0588. The molecule has 0 fully saturated rings. The first-order valence-electron chi connectivity index (χ1n) is 7.61. The standard InChI is InChI=1S/C17H14N6O2/c24-17(14-5-2-8-25-14)21-13-4-1-3-12(9-13)10-19-15-16-22-20-11-23(16)7-6-18-15/h1-9,11H,10H2,(H,18,19)(H,21,24). The first-order valence-corrected chi connectivity index (χ1v) is 7.61. The monoisotopic (exact) mass is 334 g/mol. The summed E-state index contributed by atoms with van der Waals surface area (Å²) >= 11 is 0. The van der Waals surface area contributed by atoms with Gasteiger partial charge in [0.1, 0.15) is 6.33 Å². The summed E-state index contributed by atoms with van der Waals surface area (Å²) in [5.41, 5.74) is 2.33. The first kappa shape index (κ1) is 14.9. The van der Waals surface area contributed by atoms with E-state index >= 15 is 0 Å². The number of nitrogens with zero attached hydrogens (tertiary/aromatic N) is 4. The van der Waals surface area contributed by atoms with Crippen LogP contribution in [0.15, 0.2) is 65.8 Å². The average Bonchev–Trinajstić information content (AvgIpc) is 3.31. The van der Waals surface area contributed by atoms with Crippen LogP contribution in [0.5, 0.6) is 0 Å². The molecule has 3 heterocycles. The second kappa shape index (κ2) is 6.44. The van der Waals surface area contributed by atoms with E-state index in [1.165, 1.54) is 6.26 Å². The van der Waals surface area contributed by atoms with Crippen molar-refractivity contribution in [3.63, 3.8) is 0 Å². The predicted molar refractivity (Wildman–Crippen MR) is 91.2 cm³/mol. The van der Waals surface area contributed by atoms with Crippen LogP contribution in [0.1, 0.15) is 16.1 Å². The van der Waals surface area contributed by atoms with Gasteiger partial charge in [0.05, 0.1) is 6.26 Å². The highest BCUT2D eigenvalue weighted by molar-refractivity contribution is 6.02. The van der Waals surface area contributed by atoms with Gasteiger partial charge >= 0.3 is 0 Å². The van der Waals surface area contributed by atoms with E-state index in [2.05, 4.69) is 25.8 Å². The van der Waals surface area contributed by atoms with Crippen LogP contribution < -0.4 is 10.6 Å². The molecule has 3 aromatic heterocycles. The van der Waals surface area contributed by atoms with Crippen molar-refractivity contribution in [1.82, 2.24) is 19.6 Å². The summed E-state index contributed by atoms with van der Waals surface area (Å²) in [6.07, 6.45) is 6.55. The molecular weight excluding hydrogens is 320 g/mol. The van der Waals surface area contributed by atoms with Crippen molar-refractivity contribution in [3.8, 4) is 0 Å². The lowest BCUT2D eigenvalue weighted by atomic mass is 10.2. The number of aromatic nitrogens is 4. The number of rotatable bonds is 5. The fourth-order valence-electron chi connectivity index (χ4n) is 2.43. The van der Waals surface area contributed by atoms with Gasteiger partial charge in [-0.25, -0.2) is 4.98 Å². The number of carbonyl (C=O) groups is 1. The summed E-state index contributed by atoms with van der Waals surface area (Å²) in [6.45, 7) is 0.532. The lowest BCUT2D eigenvalue weighted by molar-refractivity contribution is 0.0996. The Morgan fingerprint density at radius 2 is 2.20 bits per heavy atom. The Morgan fingerprint density at radius 3 is 3.08 bits per heavy atom. The normalized spacial score (nSPS) is 10.7. The zero-order valence-corrected chi connectivity index (χ0v) is 13.1. The van der Waals surface area contributed by atoms with E-state index in [1.807, 2.05) is 24.3 Å². The van der Waals surface area contributed by atoms with Crippen molar-refractivity contribution in [1.29, 1.82) is 0 Å². The smallest absolute Gasteiger partial charge is 0.291 e. The van der Waals surface area contributed by atoms with Crippen LogP contribution >= 0.6 is 0 Å². The molecule has 4 rings (SSSR count). The van der Waals surface area contributed by atoms with Gasteiger partial charge in [-0.2, -0.15) is 0 Å². The summed E-state index contributed by atoms with van der Waals surface area (Å²) in [5, 5.41) is 13.9. The first-order chi connectivity index (χ1) is 12.3. The Bertz CT molecular complexity index is 1010. The van der Waals surface area contributed by atoms with Gasteiger partial charge in [0, 0.05) is 24.6 Å². The van der Waals surface area contributed by atoms with Crippen LogP contribution in [-0.2, 0) is 6.54 Å². The minimum absolute atomic E-state index is 0.270. The maximum atomic E-state index is 12.0. The Hall–Kier alpha value is -3.68. The highest BCUT2D eigenvalue weighted by Gasteiger charge is 2.09. The number of furan rings is 1. The van der Waals surface area contributed by atoms with Gasteiger partial charge in [0.25, 0.3) is 5.91 Å². The lowest BCUT2D eigenvalue weighted by Gasteiger charge is -2.08. The Morgan fingerprint density at radius 1 is 1.24 bits per heavy atom. The molecule has 0 aliphatic rings. The van der Waals surface area contributed by atoms with Gasteiger partial charge in [-0.05, 0) is 29.8 Å². The zero-order valence-electron chi connectivity index (χ0n) is 13.1. The number of amides is 1. The molecule has 0 aliphatic heterocycles. The summed E-state index contributed by atoms with van der Waals surface area (Å²) in [5.74, 6) is 0.626. The van der Waals surface area contributed by atoms with Gasteiger partial charge in [-0.1, -0.05) is 12.1 Å². The summed E-state index contributed by atoms with van der Waals surface area (Å²) in [7, 11) is 0. The SMILES string of the molecule is O=C(Nc1cccc(CNc2nccn3cnnc23)c1)c1ccco1. The molecule has 0 unspecified atom stereocenters. The van der Waals surface area contributed by atoms with Crippen molar-refractivity contribution in [2.75, 3.05) is 10.6 Å². The van der Waals surface area contributed by atoms with Crippen molar-refractivity contribution in [2.45, 2.75) is 6.54 Å². The van der Waals surface area contributed by atoms with E-state index in [0.717, 1.165) is 5.56 Å². The van der Waals surface area contributed by atoms with E-state index in [0.29, 0.717) is 23.7 Å². The van der Waals surface area contributed by atoms with Crippen LogP contribution in [0.2, 0.25) is 0 Å². The van der Waals surface area contributed by atoms with Crippen LogP contribution in [0, 0.1) is 0 Å². The number of nitrogens with one attached hydrogen (secondary N) is 2. The van der Waals surface area contributed by atoms with E-state index in [4.69, 9.17) is 4.42 Å².